The lowest BCUT2D eigenvalue weighted by molar-refractivity contribution is -0.161. The van der Waals surface area contributed by atoms with E-state index in [1.54, 1.807) is 17.9 Å². The molecule has 0 radical (unpaired) electrons. The molecule has 0 aromatic rings. The second kappa shape index (κ2) is 10.8. The minimum absolute atomic E-state index is 0.203. The van der Waals surface area contributed by atoms with E-state index in [4.69, 9.17) is 14.2 Å². The molecule has 6 atom stereocenters. The molecule has 1 N–H and O–H groups in total. The van der Waals surface area contributed by atoms with Crippen molar-refractivity contribution in [2.75, 3.05) is 59.2 Å². The number of nitrogens with zero attached hydrogens (tertiary/aromatic N) is 3. The number of aliphatic hydroxyl groups is 1. The molecule has 2 bridgehead atoms. The summed E-state index contributed by atoms with van der Waals surface area (Å²) in [6, 6.07) is -1.47. The van der Waals surface area contributed by atoms with Crippen LogP contribution in [0.5, 0.6) is 0 Å². The lowest BCUT2D eigenvalue weighted by atomic mass is 9.66. The van der Waals surface area contributed by atoms with Gasteiger partial charge in [0.1, 0.15) is 17.6 Å². The number of likely N-dealkylation sites (tertiary alicyclic amines) is 1. The van der Waals surface area contributed by atoms with Crippen LogP contribution >= 0.6 is 0 Å². The number of carbonyl (C=O) groups is 3. The van der Waals surface area contributed by atoms with Crippen molar-refractivity contribution in [3.63, 3.8) is 0 Å². The van der Waals surface area contributed by atoms with E-state index in [1.807, 2.05) is 13.8 Å². The van der Waals surface area contributed by atoms with Crippen LogP contribution in [-0.2, 0) is 28.6 Å². The number of rotatable bonds is 11. The Morgan fingerprint density at radius 3 is 2.64 bits per heavy atom. The fourth-order valence-corrected chi connectivity index (χ4v) is 6.75. The summed E-state index contributed by atoms with van der Waals surface area (Å²) in [5, 5.41) is 10.2. The highest BCUT2D eigenvalue weighted by Gasteiger charge is 2.79. The van der Waals surface area contributed by atoms with Crippen molar-refractivity contribution >= 4 is 17.8 Å². The van der Waals surface area contributed by atoms with E-state index in [2.05, 4.69) is 11.5 Å². The highest BCUT2D eigenvalue weighted by Crippen LogP contribution is 2.63. The molecule has 10 nitrogen and oxygen atoms in total. The van der Waals surface area contributed by atoms with Crippen LogP contribution in [0.1, 0.15) is 40.0 Å². The Balaban J connectivity index is 1.69. The van der Waals surface area contributed by atoms with Crippen LogP contribution in [0.4, 0.5) is 0 Å². The molecule has 4 aliphatic heterocycles. The van der Waals surface area contributed by atoms with Crippen molar-refractivity contribution in [2.24, 2.45) is 11.8 Å². The van der Waals surface area contributed by atoms with Gasteiger partial charge in [0.15, 0.2) is 0 Å². The van der Waals surface area contributed by atoms with Crippen LogP contribution in [0, 0.1) is 11.8 Å². The van der Waals surface area contributed by atoms with Gasteiger partial charge in [-0.25, -0.2) is 0 Å². The average Bonchev–Trinajstić information content (AvgIpc) is 3.44. The van der Waals surface area contributed by atoms with E-state index in [9.17, 15) is 19.5 Å². The third-order valence-corrected chi connectivity index (χ3v) is 8.52. The molecule has 4 rings (SSSR count). The van der Waals surface area contributed by atoms with Gasteiger partial charge in [-0.1, -0.05) is 13.0 Å². The molecule has 0 aliphatic carbocycles. The van der Waals surface area contributed by atoms with Gasteiger partial charge in [0, 0.05) is 32.7 Å². The van der Waals surface area contributed by atoms with Gasteiger partial charge >= 0.3 is 5.97 Å². The van der Waals surface area contributed by atoms with Crippen LogP contribution in [0.3, 0.4) is 0 Å². The molecule has 0 aromatic carbocycles. The largest absolute Gasteiger partial charge is 0.466 e. The highest BCUT2D eigenvalue weighted by atomic mass is 16.6. The number of ether oxygens (including phenoxy) is 3. The predicted molar refractivity (Wildman–Crippen MR) is 131 cm³/mol. The van der Waals surface area contributed by atoms with E-state index < -0.39 is 41.1 Å². The zero-order chi connectivity index (χ0) is 26.1. The lowest BCUT2D eigenvalue weighted by Gasteiger charge is -2.39. The van der Waals surface area contributed by atoms with Gasteiger partial charge in [-0.05, 0) is 33.1 Å². The first kappa shape index (κ1) is 27.0. The number of fused-ring (bicyclic) bond motifs is 1. The minimum atomic E-state index is -1.12. The fourth-order valence-electron chi connectivity index (χ4n) is 6.75. The summed E-state index contributed by atoms with van der Waals surface area (Å²) in [6.07, 6.45) is 3.22. The van der Waals surface area contributed by atoms with Crippen LogP contribution in [-0.4, -0.2) is 120 Å². The number of carbonyl (C=O) groups excluding carboxylic acids is 3. The quantitative estimate of drug-likeness (QED) is 0.317. The van der Waals surface area contributed by atoms with Crippen molar-refractivity contribution in [1.82, 2.24) is 14.7 Å². The predicted octanol–water partition coefficient (Wildman–Crippen LogP) is 0.432. The van der Waals surface area contributed by atoms with Crippen molar-refractivity contribution in [1.29, 1.82) is 0 Å². The summed E-state index contributed by atoms with van der Waals surface area (Å²) in [5.41, 5.74) is -1.99. The van der Waals surface area contributed by atoms with Gasteiger partial charge in [0.25, 0.3) is 0 Å². The van der Waals surface area contributed by atoms with E-state index in [0.29, 0.717) is 52.1 Å². The molecule has 2 amide bonds. The van der Waals surface area contributed by atoms with Gasteiger partial charge < -0.3 is 29.1 Å². The molecule has 36 heavy (non-hydrogen) atoms. The zero-order valence-electron chi connectivity index (χ0n) is 21.8. The van der Waals surface area contributed by atoms with Gasteiger partial charge in [-0.3, -0.25) is 19.3 Å². The van der Waals surface area contributed by atoms with Crippen molar-refractivity contribution in [3.05, 3.63) is 12.7 Å². The molecule has 10 heteroatoms. The fraction of sp³-hybridized carbons (Fsp3) is 0.808. The molecule has 2 unspecified atom stereocenters. The van der Waals surface area contributed by atoms with E-state index in [0.717, 1.165) is 13.1 Å². The SMILES string of the molecule is C=CCN(CCN1CCOCC1)C(=O)C1N([C@@H](CC)CO)C(=O)[C@@H]2[C@H](C(=O)OCC)[C@]3(C)CCC12O3. The molecule has 0 aromatic heterocycles. The topological polar surface area (TPSA) is 109 Å². The smallest absolute Gasteiger partial charge is 0.312 e. The maximum atomic E-state index is 14.3. The minimum Gasteiger partial charge on any atom is -0.466 e. The monoisotopic (exact) mass is 507 g/mol. The van der Waals surface area contributed by atoms with Crippen molar-refractivity contribution in [3.8, 4) is 0 Å². The second-order valence-corrected chi connectivity index (χ2v) is 10.5. The molecule has 1 spiro atoms. The standard InChI is InChI=1S/C26H41N3O7/c1-5-10-28(12-11-27-13-15-34-16-14-27)23(32)21-26-9-8-25(4,36-26)20(24(33)35-7-3)19(26)22(31)29(21)18(6-2)17-30/h5,18-21,30H,1,6-17H2,2-4H3/t18-,19-,20+,21?,25-,26?/m0/s1. The number of hydrogen-bond donors (Lipinski definition) is 1. The molecular formula is C26H41N3O7. The summed E-state index contributed by atoms with van der Waals surface area (Å²) in [5.74, 6) is -2.58. The Kier molecular flexibility index (Phi) is 8.09. The Bertz CT molecular complexity index is 858. The number of hydrogen-bond acceptors (Lipinski definition) is 8. The van der Waals surface area contributed by atoms with Gasteiger partial charge in [0.05, 0.1) is 44.0 Å². The van der Waals surface area contributed by atoms with E-state index in [-0.39, 0.29) is 25.0 Å². The van der Waals surface area contributed by atoms with E-state index in [1.165, 1.54) is 4.90 Å². The molecule has 4 saturated heterocycles. The molecule has 202 valence electrons. The number of esters is 1. The molecular weight excluding hydrogens is 466 g/mol. The van der Waals surface area contributed by atoms with Gasteiger partial charge in [-0.2, -0.15) is 0 Å². The highest BCUT2D eigenvalue weighted by molar-refractivity contribution is 5.98. The summed E-state index contributed by atoms with van der Waals surface area (Å²) < 4.78 is 17.4. The summed E-state index contributed by atoms with van der Waals surface area (Å²) in [4.78, 5) is 46.9. The number of amides is 2. The molecule has 4 aliphatic rings. The van der Waals surface area contributed by atoms with E-state index >= 15 is 0 Å². The normalized spacial score (nSPS) is 34.5. The first-order valence-corrected chi connectivity index (χ1v) is 13.3. The van der Waals surface area contributed by atoms with Crippen molar-refractivity contribution in [2.45, 2.75) is 63.3 Å². The average molecular weight is 508 g/mol. The van der Waals surface area contributed by atoms with Crippen molar-refractivity contribution < 1.29 is 33.7 Å². The van der Waals surface area contributed by atoms with Gasteiger partial charge in [-0.15, -0.1) is 6.58 Å². The molecule has 4 heterocycles. The Morgan fingerprint density at radius 1 is 1.31 bits per heavy atom. The zero-order valence-corrected chi connectivity index (χ0v) is 21.8. The third kappa shape index (κ3) is 4.36. The van der Waals surface area contributed by atoms with Crippen LogP contribution in [0.15, 0.2) is 12.7 Å². The van der Waals surface area contributed by atoms with Crippen LogP contribution in [0.2, 0.25) is 0 Å². The number of aliphatic hydroxyl groups excluding tert-OH is 1. The first-order chi connectivity index (χ1) is 17.3. The maximum Gasteiger partial charge on any atom is 0.312 e. The summed E-state index contributed by atoms with van der Waals surface area (Å²) >= 11 is 0. The first-order valence-electron chi connectivity index (χ1n) is 13.3. The molecule has 0 saturated carbocycles. The van der Waals surface area contributed by atoms with Gasteiger partial charge in [0.2, 0.25) is 11.8 Å². The summed E-state index contributed by atoms with van der Waals surface area (Å²) in [7, 11) is 0. The number of morpholine rings is 1. The molecule has 4 fully saturated rings. The third-order valence-electron chi connectivity index (χ3n) is 8.52. The maximum absolute atomic E-state index is 14.3. The Morgan fingerprint density at radius 2 is 2.03 bits per heavy atom. The lowest BCUT2D eigenvalue weighted by Crippen LogP contribution is -2.59. The van der Waals surface area contributed by atoms with Crippen LogP contribution in [0.25, 0.3) is 0 Å². The summed E-state index contributed by atoms with van der Waals surface area (Å²) in [6.45, 7) is 13.7. The second-order valence-electron chi connectivity index (χ2n) is 10.5. The van der Waals surface area contributed by atoms with Crippen LogP contribution < -0.4 is 0 Å². The Hall–Kier alpha value is -2.01. The Labute approximate surface area is 213 Å².